The van der Waals surface area contributed by atoms with Crippen molar-refractivity contribution in [1.29, 1.82) is 0 Å². The van der Waals surface area contributed by atoms with Crippen molar-refractivity contribution in [3.63, 3.8) is 0 Å². The Balaban J connectivity index is 2.52. The average Bonchev–Trinajstić information content (AvgIpc) is 2.29. The maximum Gasteiger partial charge on any atom is 0.147 e. The standard InChI is InChI=1S/C7H14BFO3/c1-10-3-4-6(11-2)5(9)7(8)12-4/h4-7H,3,8H2,1-2H3/t4-,5+,6?,7-/m1/s1. The van der Waals surface area contributed by atoms with E-state index in [4.69, 9.17) is 14.2 Å². The summed E-state index contributed by atoms with van der Waals surface area (Å²) in [6.45, 7) is 0.378. The molecular weight excluding hydrogens is 162 g/mol. The van der Waals surface area contributed by atoms with Gasteiger partial charge in [-0.1, -0.05) is 0 Å². The van der Waals surface area contributed by atoms with E-state index in [9.17, 15) is 4.39 Å². The molecule has 0 saturated carbocycles. The van der Waals surface area contributed by atoms with Crippen molar-refractivity contribution in [2.45, 2.75) is 24.4 Å². The molecule has 12 heavy (non-hydrogen) atoms. The van der Waals surface area contributed by atoms with Gasteiger partial charge in [-0.2, -0.15) is 0 Å². The first-order chi connectivity index (χ1) is 5.70. The zero-order chi connectivity index (χ0) is 9.14. The summed E-state index contributed by atoms with van der Waals surface area (Å²) < 4.78 is 28.4. The third kappa shape index (κ3) is 1.78. The third-order valence-electron chi connectivity index (χ3n) is 2.12. The lowest BCUT2D eigenvalue weighted by Gasteiger charge is -2.16. The molecule has 1 aliphatic heterocycles. The van der Waals surface area contributed by atoms with Crippen molar-refractivity contribution in [1.82, 2.24) is 0 Å². The summed E-state index contributed by atoms with van der Waals surface area (Å²) in [5.41, 5.74) is 0. The van der Waals surface area contributed by atoms with Crippen molar-refractivity contribution in [2.75, 3.05) is 20.8 Å². The number of methoxy groups -OCH3 is 2. The van der Waals surface area contributed by atoms with Gasteiger partial charge in [-0.3, -0.25) is 0 Å². The normalized spacial score (nSPS) is 41.9. The Morgan fingerprint density at radius 3 is 2.67 bits per heavy atom. The Kier molecular flexibility index (Phi) is 3.49. The molecule has 1 unspecified atom stereocenters. The summed E-state index contributed by atoms with van der Waals surface area (Å²) in [6.07, 6.45) is -1.81. The minimum atomic E-state index is -1.05. The Labute approximate surface area is 72.6 Å². The smallest absolute Gasteiger partial charge is 0.147 e. The van der Waals surface area contributed by atoms with Crippen LogP contribution in [-0.4, -0.2) is 53.1 Å². The molecular formula is C7H14BFO3. The Bertz CT molecular complexity index is 147. The van der Waals surface area contributed by atoms with E-state index in [0.29, 0.717) is 6.61 Å². The summed E-state index contributed by atoms with van der Waals surface area (Å²) >= 11 is 0. The minimum Gasteiger partial charge on any atom is -0.382 e. The summed E-state index contributed by atoms with van der Waals surface area (Å²) in [5.74, 6) is 0. The first kappa shape index (κ1) is 9.96. The highest BCUT2D eigenvalue weighted by Gasteiger charge is 2.42. The molecule has 0 radical (unpaired) electrons. The molecule has 0 N–H and O–H groups in total. The number of ether oxygens (including phenoxy) is 3. The monoisotopic (exact) mass is 176 g/mol. The van der Waals surface area contributed by atoms with Crippen molar-refractivity contribution in [3.05, 3.63) is 0 Å². The van der Waals surface area contributed by atoms with Gasteiger partial charge < -0.3 is 14.2 Å². The molecule has 5 heteroatoms. The Morgan fingerprint density at radius 1 is 1.50 bits per heavy atom. The lowest BCUT2D eigenvalue weighted by molar-refractivity contribution is -0.0351. The molecule has 1 fully saturated rings. The lowest BCUT2D eigenvalue weighted by Crippen LogP contribution is -2.33. The first-order valence-corrected chi connectivity index (χ1v) is 4.02. The Hall–Kier alpha value is -0.125. The third-order valence-corrected chi connectivity index (χ3v) is 2.12. The van der Waals surface area contributed by atoms with Crippen LogP contribution in [0.4, 0.5) is 4.39 Å². The van der Waals surface area contributed by atoms with E-state index in [1.807, 2.05) is 0 Å². The number of halogens is 1. The molecule has 0 aliphatic carbocycles. The van der Waals surface area contributed by atoms with E-state index in [1.165, 1.54) is 7.11 Å². The zero-order valence-corrected chi connectivity index (χ0v) is 7.62. The van der Waals surface area contributed by atoms with Gasteiger partial charge >= 0.3 is 0 Å². The fourth-order valence-corrected chi connectivity index (χ4v) is 1.48. The van der Waals surface area contributed by atoms with Crippen LogP contribution in [-0.2, 0) is 14.2 Å². The van der Waals surface area contributed by atoms with Gasteiger partial charge in [-0.15, -0.1) is 0 Å². The van der Waals surface area contributed by atoms with Crippen LogP contribution in [0.1, 0.15) is 0 Å². The second-order valence-electron chi connectivity index (χ2n) is 2.98. The van der Waals surface area contributed by atoms with Crippen molar-refractivity contribution in [2.24, 2.45) is 0 Å². The Morgan fingerprint density at radius 2 is 2.17 bits per heavy atom. The molecule has 0 aromatic rings. The van der Waals surface area contributed by atoms with Gasteiger partial charge in [-0.25, -0.2) is 4.39 Å². The van der Waals surface area contributed by atoms with Gasteiger partial charge in [0, 0.05) is 14.2 Å². The molecule has 0 bridgehead atoms. The molecule has 0 amide bonds. The maximum absolute atomic E-state index is 13.2. The molecule has 4 atom stereocenters. The molecule has 1 rings (SSSR count). The second kappa shape index (κ2) is 4.21. The van der Waals surface area contributed by atoms with Gasteiger partial charge in [0.2, 0.25) is 0 Å². The fraction of sp³-hybridized carbons (Fsp3) is 1.00. The second-order valence-corrected chi connectivity index (χ2v) is 2.98. The van der Waals surface area contributed by atoms with Gasteiger partial charge in [-0.05, 0) is 0 Å². The highest BCUT2D eigenvalue weighted by atomic mass is 19.1. The predicted molar refractivity (Wildman–Crippen MR) is 44.8 cm³/mol. The van der Waals surface area contributed by atoms with E-state index in [-0.39, 0.29) is 6.10 Å². The fourth-order valence-electron chi connectivity index (χ4n) is 1.48. The molecule has 1 aliphatic rings. The zero-order valence-electron chi connectivity index (χ0n) is 7.62. The van der Waals surface area contributed by atoms with E-state index in [1.54, 1.807) is 15.0 Å². The van der Waals surface area contributed by atoms with Crippen LogP contribution < -0.4 is 0 Å². The van der Waals surface area contributed by atoms with Gasteiger partial charge in [0.25, 0.3) is 0 Å². The van der Waals surface area contributed by atoms with Crippen molar-refractivity contribution in [3.8, 4) is 0 Å². The first-order valence-electron chi connectivity index (χ1n) is 4.02. The summed E-state index contributed by atoms with van der Waals surface area (Å²) in [5, 5.41) is 0. The van der Waals surface area contributed by atoms with Gasteiger partial charge in [0.1, 0.15) is 26.2 Å². The van der Waals surface area contributed by atoms with E-state index < -0.39 is 18.3 Å². The predicted octanol–water partition coefficient (Wildman–Crippen LogP) is -0.656. The molecule has 0 aromatic carbocycles. The van der Waals surface area contributed by atoms with Crippen LogP contribution in [0, 0.1) is 0 Å². The number of hydrogen-bond donors (Lipinski definition) is 0. The summed E-state index contributed by atoms with van der Waals surface area (Å²) in [6, 6.07) is -0.393. The van der Waals surface area contributed by atoms with E-state index >= 15 is 0 Å². The molecule has 0 spiro atoms. The lowest BCUT2D eigenvalue weighted by atomic mass is 9.94. The highest BCUT2D eigenvalue weighted by Crippen LogP contribution is 2.24. The van der Waals surface area contributed by atoms with Crippen molar-refractivity contribution >= 4 is 7.85 Å². The van der Waals surface area contributed by atoms with Crippen LogP contribution in [0.3, 0.4) is 0 Å². The quantitative estimate of drug-likeness (QED) is 0.534. The minimum absolute atomic E-state index is 0.273. The van der Waals surface area contributed by atoms with Crippen molar-refractivity contribution < 1.29 is 18.6 Å². The molecule has 1 saturated heterocycles. The molecule has 3 nitrogen and oxygen atoms in total. The maximum atomic E-state index is 13.2. The van der Waals surface area contributed by atoms with Crippen LogP contribution in [0.2, 0.25) is 0 Å². The summed E-state index contributed by atoms with van der Waals surface area (Å²) in [4.78, 5) is 0. The summed E-state index contributed by atoms with van der Waals surface area (Å²) in [7, 11) is 4.75. The largest absolute Gasteiger partial charge is 0.382 e. The van der Waals surface area contributed by atoms with E-state index in [0.717, 1.165) is 0 Å². The average molecular weight is 176 g/mol. The number of alkyl halides is 1. The molecule has 1 heterocycles. The number of hydrogen-bond acceptors (Lipinski definition) is 3. The van der Waals surface area contributed by atoms with Gasteiger partial charge in [0.15, 0.2) is 0 Å². The van der Waals surface area contributed by atoms with Crippen LogP contribution >= 0.6 is 0 Å². The number of rotatable bonds is 3. The van der Waals surface area contributed by atoms with E-state index in [2.05, 4.69) is 0 Å². The SMILES string of the molecule is B[C@@H]1O[C@H](COC)C(OC)[C@@H]1F. The topological polar surface area (TPSA) is 27.7 Å². The molecule has 70 valence electrons. The highest BCUT2D eigenvalue weighted by molar-refractivity contribution is 6.11. The molecule has 0 aromatic heterocycles. The van der Waals surface area contributed by atoms with Crippen LogP contribution in [0.25, 0.3) is 0 Å². The van der Waals surface area contributed by atoms with Crippen LogP contribution in [0.5, 0.6) is 0 Å². The van der Waals surface area contributed by atoms with Gasteiger partial charge in [0.05, 0.1) is 12.6 Å². The van der Waals surface area contributed by atoms with Crippen LogP contribution in [0.15, 0.2) is 0 Å².